The summed E-state index contributed by atoms with van der Waals surface area (Å²) >= 11 is 3.45. The van der Waals surface area contributed by atoms with Crippen LogP contribution in [-0.2, 0) is 0 Å². The second-order valence-corrected chi connectivity index (χ2v) is 3.77. The fourth-order valence-corrected chi connectivity index (χ4v) is 1.80. The third-order valence-electron chi connectivity index (χ3n) is 1.91. The first-order valence-corrected chi connectivity index (χ1v) is 4.50. The predicted octanol–water partition coefficient (Wildman–Crippen LogP) is 2.82. The Morgan fingerprint density at radius 3 is 2.92 bits per heavy atom. The number of benzene rings is 1. The Kier molecular flexibility index (Phi) is 1.61. The largest absolute Gasteiger partial charge is 0.397 e. The van der Waals surface area contributed by atoms with Gasteiger partial charge in [0.15, 0.2) is 0 Å². The number of aromatic amines is 1. The van der Waals surface area contributed by atoms with Gasteiger partial charge < -0.3 is 10.7 Å². The molecule has 0 fully saturated rings. The molecule has 0 unspecified atom stereocenters. The second kappa shape index (κ2) is 2.52. The topological polar surface area (TPSA) is 41.8 Å². The molecule has 2 aromatic rings. The highest BCUT2D eigenvalue weighted by atomic mass is 79.9. The number of aryl methyl sites for hydroxylation is 1. The SMILES string of the molecule is Cc1cc(N)c2[nH]cc(Br)c2c1. The number of anilines is 1. The van der Waals surface area contributed by atoms with E-state index in [9.17, 15) is 0 Å². The van der Waals surface area contributed by atoms with Crippen LogP contribution < -0.4 is 5.73 Å². The maximum absolute atomic E-state index is 5.82. The predicted molar refractivity (Wildman–Crippen MR) is 55.1 cm³/mol. The number of H-pyrrole nitrogens is 1. The highest BCUT2D eigenvalue weighted by molar-refractivity contribution is 9.10. The van der Waals surface area contributed by atoms with Crippen molar-refractivity contribution in [2.45, 2.75) is 6.92 Å². The molecule has 0 radical (unpaired) electrons. The Labute approximate surface area is 78.9 Å². The normalized spacial score (nSPS) is 10.8. The van der Waals surface area contributed by atoms with Crippen LogP contribution in [-0.4, -0.2) is 4.98 Å². The van der Waals surface area contributed by atoms with Crippen LogP contribution in [0.25, 0.3) is 10.9 Å². The van der Waals surface area contributed by atoms with Crippen molar-refractivity contribution in [3.63, 3.8) is 0 Å². The van der Waals surface area contributed by atoms with Gasteiger partial charge in [0.05, 0.1) is 11.2 Å². The van der Waals surface area contributed by atoms with Crippen LogP contribution in [0.4, 0.5) is 5.69 Å². The Balaban J connectivity index is 2.92. The minimum absolute atomic E-state index is 0.802. The third-order valence-corrected chi connectivity index (χ3v) is 2.57. The van der Waals surface area contributed by atoms with Crippen LogP contribution in [0.15, 0.2) is 22.8 Å². The van der Waals surface area contributed by atoms with Gasteiger partial charge in [-0.1, -0.05) is 0 Å². The molecule has 0 spiro atoms. The molecule has 2 nitrogen and oxygen atoms in total. The summed E-state index contributed by atoms with van der Waals surface area (Å²) in [5.41, 5.74) is 8.81. The first kappa shape index (κ1) is 7.68. The second-order valence-electron chi connectivity index (χ2n) is 2.91. The molecule has 3 heteroatoms. The summed E-state index contributed by atoms with van der Waals surface area (Å²) in [6.45, 7) is 2.04. The molecule has 0 saturated heterocycles. The van der Waals surface area contributed by atoms with E-state index in [1.807, 2.05) is 19.2 Å². The molecule has 1 aromatic heterocycles. The molecule has 0 bridgehead atoms. The van der Waals surface area contributed by atoms with Gasteiger partial charge in [0, 0.05) is 16.1 Å². The number of halogens is 1. The van der Waals surface area contributed by atoms with Gasteiger partial charge in [-0.3, -0.25) is 0 Å². The van der Waals surface area contributed by atoms with Crippen LogP contribution >= 0.6 is 15.9 Å². The Hall–Kier alpha value is -0.960. The molecule has 3 N–H and O–H groups in total. The van der Waals surface area contributed by atoms with Crippen molar-refractivity contribution >= 4 is 32.5 Å². The highest BCUT2D eigenvalue weighted by Crippen LogP contribution is 2.28. The van der Waals surface area contributed by atoms with E-state index in [0.717, 1.165) is 21.1 Å². The monoisotopic (exact) mass is 224 g/mol. The number of nitrogen functional groups attached to an aromatic ring is 1. The van der Waals surface area contributed by atoms with E-state index in [-0.39, 0.29) is 0 Å². The van der Waals surface area contributed by atoms with Gasteiger partial charge in [-0.15, -0.1) is 0 Å². The van der Waals surface area contributed by atoms with Gasteiger partial charge in [-0.2, -0.15) is 0 Å². The van der Waals surface area contributed by atoms with Crippen molar-refractivity contribution < 1.29 is 0 Å². The number of hydrogen-bond donors (Lipinski definition) is 2. The summed E-state index contributed by atoms with van der Waals surface area (Å²) in [4.78, 5) is 3.11. The summed E-state index contributed by atoms with van der Waals surface area (Å²) in [6, 6.07) is 4.07. The molecule has 2 rings (SSSR count). The number of aromatic nitrogens is 1. The van der Waals surface area contributed by atoms with Crippen LogP contribution in [0, 0.1) is 6.92 Å². The van der Waals surface area contributed by atoms with Gasteiger partial charge >= 0.3 is 0 Å². The van der Waals surface area contributed by atoms with Crippen LogP contribution in [0.3, 0.4) is 0 Å². The molecule has 1 aromatic carbocycles. The smallest absolute Gasteiger partial charge is 0.0699 e. The first-order valence-electron chi connectivity index (χ1n) is 3.71. The molecular weight excluding hydrogens is 216 g/mol. The van der Waals surface area contributed by atoms with Crippen molar-refractivity contribution in [3.05, 3.63) is 28.4 Å². The minimum Gasteiger partial charge on any atom is -0.397 e. The zero-order valence-electron chi connectivity index (χ0n) is 6.69. The van der Waals surface area contributed by atoms with Crippen LogP contribution in [0.1, 0.15) is 5.56 Å². The van der Waals surface area contributed by atoms with Crippen molar-refractivity contribution in [2.24, 2.45) is 0 Å². The van der Waals surface area contributed by atoms with Crippen molar-refractivity contribution in [2.75, 3.05) is 5.73 Å². The summed E-state index contributed by atoms with van der Waals surface area (Å²) in [7, 11) is 0. The maximum Gasteiger partial charge on any atom is 0.0699 e. The third kappa shape index (κ3) is 1.01. The van der Waals surface area contributed by atoms with Gasteiger partial charge in [-0.25, -0.2) is 0 Å². The van der Waals surface area contributed by atoms with Gasteiger partial charge in [0.2, 0.25) is 0 Å². The molecule has 0 aliphatic rings. The fourth-order valence-electron chi connectivity index (χ4n) is 1.38. The number of nitrogens with one attached hydrogen (secondary N) is 1. The molecule has 0 aliphatic heterocycles. The van der Waals surface area contributed by atoms with E-state index in [1.54, 1.807) is 0 Å². The Morgan fingerprint density at radius 2 is 2.17 bits per heavy atom. The average molecular weight is 225 g/mol. The molecule has 62 valence electrons. The molecular formula is C9H9BrN2. The zero-order chi connectivity index (χ0) is 8.72. The van der Waals surface area contributed by atoms with E-state index in [0.29, 0.717) is 0 Å². The lowest BCUT2D eigenvalue weighted by Gasteiger charge is -1.98. The zero-order valence-corrected chi connectivity index (χ0v) is 8.27. The molecule has 12 heavy (non-hydrogen) atoms. The summed E-state index contributed by atoms with van der Waals surface area (Å²) in [6.07, 6.45) is 1.90. The summed E-state index contributed by atoms with van der Waals surface area (Å²) < 4.78 is 1.06. The molecule has 0 amide bonds. The lowest BCUT2D eigenvalue weighted by molar-refractivity contribution is 1.45. The Bertz CT molecular complexity index is 431. The summed E-state index contributed by atoms with van der Waals surface area (Å²) in [5.74, 6) is 0. The van der Waals surface area contributed by atoms with Crippen LogP contribution in [0.2, 0.25) is 0 Å². The van der Waals surface area contributed by atoms with Crippen LogP contribution in [0.5, 0.6) is 0 Å². The van der Waals surface area contributed by atoms with E-state index >= 15 is 0 Å². The average Bonchev–Trinajstić information content (AvgIpc) is 2.33. The molecule has 0 atom stereocenters. The highest BCUT2D eigenvalue weighted by Gasteiger charge is 2.03. The molecule has 1 heterocycles. The standard InChI is InChI=1S/C9H9BrN2/c1-5-2-6-7(10)4-12-9(6)8(11)3-5/h2-4,12H,11H2,1H3. The number of hydrogen-bond acceptors (Lipinski definition) is 1. The van der Waals surface area contributed by atoms with E-state index in [2.05, 4.69) is 27.0 Å². The van der Waals surface area contributed by atoms with Crippen molar-refractivity contribution in [3.8, 4) is 0 Å². The van der Waals surface area contributed by atoms with Gasteiger partial charge in [0.25, 0.3) is 0 Å². The molecule has 0 saturated carbocycles. The lowest BCUT2D eigenvalue weighted by atomic mass is 10.1. The van der Waals surface area contributed by atoms with E-state index in [4.69, 9.17) is 5.73 Å². The number of nitrogens with two attached hydrogens (primary N) is 1. The van der Waals surface area contributed by atoms with Gasteiger partial charge in [0.1, 0.15) is 0 Å². The Morgan fingerprint density at radius 1 is 1.42 bits per heavy atom. The van der Waals surface area contributed by atoms with E-state index < -0.39 is 0 Å². The number of rotatable bonds is 0. The minimum atomic E-state index is 0.802. The van der Waals surface area contributed by atoms with Crippen molar-refractivity contribution in [1.82, 2.24) is 4.98 Å². The molecule has 0 aliphatic carbocycles. The summed E-state index contributed by atoms with van der Waals surface area (Å²) in [5, 5.41) is 1.15. The quantitative estimate of drug-likeness (QED) is 0.665. The lowest BCUT2D eigenvalue weighted by Crippen LogP contribution is -1.87. The first-order chi connectivity index (χ1) is 5.68. The van der Waals surface area contributed by atoms with Gasteiger partial charge in [-0.05, 0) is 40.5 Å². The van der Waals surface area contributed by atoms with Crippen molar-refractivity contribution in [1.29, 1.82) is 0 Å². The number of fused-ring (bicyclic) bond motifs is 1. The van der Waals surface area contributed by atoms with E-state index in [1.165, 1.54) is 5.56 Å². The maximum atomic E-state index is 5.82. The fraction of sp³-hybridized carbons (Fsp3) is 0.111.